The fourth-order valence-corrected chi connectivity index (χ4v) is 12.2. The van der Waals surface area contributed by atoms with Gasteiger partial charge in [0.2, 0.25) is 82.7 Å². The van der Waals surface area contributed by atoms with Gasteiger partial charge in [0, 0.05) is 32.6 Å². The molecule has 0 aromatic heterocycles. The predicted molar refractivity (Wildman–Crippen MR) is 374 cm³/mol. The average molecular weight is 1650 g/mol. The van der Waals surface area contributed by atoms with E-state index in [2.05, 4.69) is 53.2 Å². The zero-order chi connectivity index (χ0) is 87.0. The molecule has 4 fully saturated rings. The zero-order valence-corrected chi connectivity index (χ0v) is 63.1. The number of carbonyl (C=O) groups is 20. The highest BCUT2D eigenvalue weighted by atomic mass is 19.4. The number of carbonyl (C=O) groups excluding carboxylic acids is 14. The Balaban J connectivity index is 0.00000286. The molecule has 0 saturated carbocycles. The number of nitrogens with two attached hydrogens (primary N) is 2. The quantitative estimate of drug-likeness (QED) is 0.0203. The fraction of sp³-hybridized carbons (Fsp3) is 0.697. The summed E-state index contributed by atoms with van der Waals surface area (Å²) in [5.41, 5.74) is 11.2. The molecule has 12 atom stereocenters. The number of halogens is 6. The van der Waals surface area contributed by atoms with Crippen molar-refractivity contribution in [2.45, 2.75) is 229 Å². The first kappa shape index (κ1) is 99.0. The van der Waals surface area contributed by atoms with Crippen LogP contribution in [0.5, 0.6) is 0 Å². The normalized spacial score (nSPS) is 18.6. The summed E-state index contributed by atoms with van der Waals surface area (Å²) >= 11 is 0. The minimum absolute atomic E-state index is 0.0126. The molecule has 42 nitrogen and oxygen atoms in total. The molecule has 0 spiro atoms. The van der Waals surface area contributed by atoms with Crippen molar-refractivity contribution >= 4 is 119 Å². The van der Waals surface area contributed by atoms with Gasteiger partial charge >= 0.3 is 48.2 Å². The van der Waals surface area contributed by atoms with Gasteiger partial charge in [-0.1, -0.05) is 27.7 Å². The molecule has 4 aliphatic rings. The van der Waals surface area contributed by atoms with E-state index in [0.29, 0.717) is 32.1 Å². The summed E-state index contributed by atoms with van der Waals surface area (Å²) in [7, 11) is 0. The molecule has 4 aliphatic heterocycles. The first-order chi connectivity index (χ1) is 53.0. The Kier molecular flexibility index (Phi) is 40.6. The first-order valence-corrected chi connectivity index (χ1v) is 36.0. The molecule has 20 N–H and O–H groups in total. The third kappa shape index (κ3) is 32.9. The molecule has 114 heavy (non-hydrogen) atoms. The Morgan fingerprint density at radius 2 is 0.798 bits per heavy atom. The molecule has 48 heteroatoms. The van der Waals surface area contributed by atoms with E-state index in [1.54, 1.807) is 27.7 Å². The molecule has 14 amide bonds. The number of alkyl halides is 6. The molecule has 4 heterocycles. The summed E-state index contributed by atoms with van der Waals surface area (Å²) in [4.78, 5) is 260. The maximum absolute atomic E-state index is 14.3. The van der Waals surface area contributed by atoms with Crippen molar-refractivity contribution in [3.63, 3.8) is 0 Å². The summed E-state index contributed by atoms with van der Waals surface area (Å²) in [5.74, 6) is -24.0. The van der Waals surface area contributed by atoms with E-state index < -0.39 is 248 Å². The van der Waals surface area contributed by atoms with Crippen LogP contribution in [-0.2, 0) is 95.9 Å². The topological polar surface area (TPSA) is 648 Å². The van der Waals surface area contributed by atoms with Gasteiger partial charge < -0.3 is 115 Å². The van der Waals surface area contributed by atoms with Gasteiger partial charge in [-0.15, -0.1) is 0 Å². The Labute approximate surface area is 647 Å². The molecule has 0 radical (unpaired) electrons. The lowest BCUT2D eigenvalue weighted by molar-refractivity contribution is -0.193. The lowest BCUT2D eigenvalue weighted by atomic mass is 10.0. The molecule has 4 saturated heterocycles. The molecule has 4 rings (SSSR count). The third-order valence-electron chi connectivity index (χ3n) is 17.8. The number of nitrogens with one attached hydrogen (secondary N) is 10. The number of carboxylic acids is 6. The molecular weight excluding hydrogens is 1550 g/mol. The van der Waals surface area contributed by atoms with Crippen LogP contribution in [0.3, 0.4) is 0 Å². The van der Waals surface area contributed by atoms with Crippen LogP contribution in [-0.4, -0.2) is 306 Å². The maximum atomic E-state index is 14.3. The Morgan fingerprint density at radius 1 is 0.412 bits per heavy atom. The van der Waals surface area contributed by atoms with Crippen LogP contribution in [0.25, 0.3) is 0 Å². The molecule has 0 aliphatic carbocycles. The Hall–Kier alpha value is -11.1. The second-order valence-electron chi connectivity index (χ2n) is 27.6. The van der Waals surface area contributed by atoms with Crippen molar-refractivity contribution < 1.29 is 153 Å². The minimum Gasteiger partial charge on any atom is -0.481 e. The van der Waals surface area contributed by atoms with E-state index in [1.165, 1.54) is 19.6 Å². The van der Waals surface area contributed by atoms with E-state index in [0.717, 1.165) is 13.8 Å². The minimum atomic E-state index is -5.08. The van der Waals surface area contributed by atoms with Crippen molar-refractivity contribution in [2.24, 2.45) is 23.3 Å². The van der Waals surface area contributed by atoms with Crippen molar-refractivity contribution in [1.82, 2.24) is 72.8 Å². The average Bonchev–Trinajstić information content (AvgIpc) is 1.63. The fourth-order valence-electron chi connectivity index (χ4n) is 12.2. The lowest BCUT2D eigenvalue weighted by Gasteiger charge is -2.35. The smallest absolute Gasteiger partial charge is 0.481 e. The lowest BCUT2D eigenvalue weighted by Crippen LogP contribution is -2.59. The SMILES string of the molecule is CC(C)C[C@H](NC(=O)CNC(=O)[C@H](C)NC(=O)[C@H](CC(=O)O)NC(=O)[C@H](CC(=O)O)NC(=O)[C@H](C)NC(=O)[C@@H]1CCCN1C(=O)[C@H](CCCCN)NC(=O)CNC(=O)[C@@H]1CCCN1C(=O)[C@@H]1CCCN1C(=O)[C@@H]1CCCN1C(=O)[C@H](CCC(=O)O)NC(=O)CN)C(=O)N[C@H](C(=O)O)C(C)C.O=C(O)C(F)(F)F.O=C(O)C(F)(F)F. The van der Waals surface area contributed by atoms with E-state index in [-0.39, 0.29) is 90.0 Å². The van der Waals surface area contributed by atoms with Crippen molar-refractivity contribution in [1.29, 1.82) is 0 Å². The summed E-state index contributed by atoms with van der Waals surface area (Å²) in [6, 6.07) is -16.4. The number of likely N-dealkylation sites (tertiary alicyclic amines) is 4. The second kappa shape index (κ2) is 46.8. The largest absolute Gasteiger partial charge is 0.490 e. The van der Waals surface area contributed by atoms with Crippen LogP contribution < -0.4 is 64.6 Å². The van der Waals surface area contributed by atoms with Crippen molar-refractivity contribution in [3.05, 3.63) is 0 Å². The Bertz CT molecular complexity index is 3480. The maximum Gasteiger partial charge on any atom is 0.490 e. The van der Waals surface area contributed by atoms with Gasteiger partial charge in [-0.3, -0.25) is 81.5 Å². The highest BCUT2D eigenvalue weighted by Crippen LogP contribution is 2.30. The Morgan fingerprint density at radius 3 is 1.24 bits per heavy atom. The number of hydrogen-bond acceptors (Lipinski definition) is 22. The number of amides is 14. The van der Waals surface area contributed by atoms with Crippen LogP contribution >= 0.6 is 0 Å². The highest BCUT2D eigenvalue weighted by Gasteiger charge is 2.48. The molecular formula is C66H100F6N16O26. The van der Waals surface area contributed by atoms with Crippen LogP contribution in [0.4, 0.5) is 26.3 Å². The van der Waals surface area contributed by atoms with Gasteiger partial charge in [-0.25, -0.2) is 14.4 Å². The van der Waals surface area contributed by atoms with Crippen molar-refractivity contribution in [3.8, 4) is 0 Å². The van der Waals surface area contributed by atoms with Crippen LogP contribution in [0.2, 0.25) is 0 Å². The second-order valence-corrected chi connectivity index (χ2v) is 27.6. The number of nitrogens with zero attached hydrogens (tertiary/aromatic N) is 4. The highest BCUT2D eigenvalue weighted by molar-refractivity contribution is 6.01. The zero-order valence-electron chi connectivity index (χ0n) is 63.1. The van der Waals surface area contributed by atoms with E-state index >= 15 is 0 Å². The van der Waals surface area contributed by atoms with Crippen LogP contribution in [0, 0.1) is 11.8 Å². The molecule has 0 aromatic carbocycles. The van der Waals surface area contributed by atoms with E-state index in [4.69, 9.17) is 31.3 Å². The summed E-state index contributed by atoms with van der Waals surface area (Å²) in [6.07, 6.45) is -10.0. The number of hydrogen-bond donors (Lipinski definition) is 18. The first-order valence-electron chi connectivity index (χ1n) is 36.0. The van der Waals surface area contributed by atoms with Gasteiger partial charge in [-0.2, -0.15) is 26.3 Å². The molecule has 0 unspecified atom stereocenters. The number of rotatable bonds is 39. The van der Waals surface area contributed by atoms with Gasteiger partial charge in [-0.05, 0) is 116 Å². The van der Waals surface area contributed by atoms with E-state index in [9.17, 15) is 133 Å². The van der Waals surface area contributed by atoms with Crippen LogP contribution in [0.1, 0.15) is 144 Å². The molecule has 0 bridgehead atoms. The van der Waals surface area contributed by atoms with Gasteiger partial charge in [0.25, 0.3) is 0 Å². The third-order valence-corrected chi connectivity index (χ3v) is 17.8. The predicted octanol–water partition coefficient (Wildman–Crippen LogP) is -4.94. The van der Waals surface area contributed by atoms with Crippen molar-refractivity contribution in [2.75, 3.05) is 52.4 Å². The van der Waals surface area contributed by atoms with Gasteiger partial charge in [0.05, 0.1) is 32.5 Å². The summed E-state index contributed by atoms with van der Waals surface area (Å²) < 4.78 is 63.5. The molecule has 0 aromatic rings. The van der Waals surface area contributed by atoms with Gasteiger partial charge in [0.15, 0.2) is 0 Å². The monoisotopic (exact) mass is 1650 g/mol. The van der Waals surface area contributed by atoms with Crippen LogP contribution in [0.15, 0.2) is 0 Å². The summed E-state index contributed by atoms with van der Waals surface area (Å²) in [6.45, 7) is 7.73. The standard InChI is InChI=1S/C62H98N16O22.2C2HF3O2/c1-31(2)25-37(55(92)74-50(32(3)4)62(99)100)71-46(81)29-65-51(88)33(5)67-53(90)38(26-48(84)85)73-54(91)39(27-49(86)87)72-52(89)34(6)68-57(94)41-15-10-21-75(41)58(95)35(13-7-8-20-63)70-45(80)30-66-56(93)40-14-9-22-76(40)60(97)43-17-12-24-78(43)61(98)42-16-11-23-77(42)59(96)36(18-19-47(82)83)69-44(79)28-64;2*3-2(4,5)1(6)7/h31-43,50H,7-30,63-64H2,1-6H3,(H,65,88)(H,66,93)(H,67,90)(H,68,94)(H,69,79)(H,70,80)(H,71,81)(H,72,89)(H,73,91)(H,74,92)(H,82,83)(H,84,85)(H,86,87)(H,99,100);2*(H,6,7)/t33-,34-,35-,36-,37-,38-,39-,40-,41-,42-,43-,50-;;/m0../s1. The number of carboxylic acid groups (broad SMARTS) is 6. The number of aliphatic carboxylic acids is 6. The number of unbranched alkanes of at least 4 members (excludes halogenated alkanes) is 1. The molecule has 642 valence electrons. The van der Waals surface area contributed by atoms with Gasteiger partial charge in [0.1, 0.15) is 72.5 Å². The summed E-state index contributed by atoms with van der Waals surface area (Å²) in [5, 5.41) is 75.9. The van der Waals surface area contributed by atoms with E-state index in [1.807, 2.05) is 0 Å².